The fraction of sp³-hybridized carbons (Fsp3) is 0.333. The van der Waals surface area contributed by atoms with Gasteiger partial charge in [-0.15, -0.1) is 0 Å². The first kappa shape index (κ1) is 10.7. The van der Waals surface area contributed by atoms with Crippen LogP contribution in [0.1, 0.15) is 11.4 Å². The van der Waals surface area contributed by atoms with Crippen molar-refractivity contribution in [3.8, 4) is 11.1 Å². The molecule has 0 aliphatic carbocycles. The molecule has 0 unspecified atom stereocenters. The van der Waals surface area contributed by atoms with E-state index < -0.39 is 0 Å². The topological polar surface area (TPSA) is 42.7 Å². The number of nitrogens with zero attached hydrogens (tertiary/aromatic N) is 3. The van der Waals surface area contributed by atoms with E-state index in [4.69, 9.17) is 0 Å². The largest absolute Gasteiger partial charge is 0.371 e. The van der Waals surface area contributed by atoms with E-state index >= 15 is 0 Å². The van der Waals surface area contributed by atoms with Crippen molar-refractivity contribution in [2.24, 2.45) is 7.05 Å². The molecule has 4 heteroatoms. The summed E-state index contributed by atoms with van der Waals surface area (Å²) in [4.78, 5) is 4.21. The van der Waals surface area contributed by atoms with Gasteiger partial charge in [0.1, 0.15) is 0 Å². The highest BCUT2D eigenvalue weighted by atomic mass is 15.3. The highest BCUT2D eigenvalue weighted by Gasteiger charge is 2.13. The molecule has 0 aliphatic heterocycles. The zero-order valence-corrected chi connectivity index (χ0v) is 10.1. The molecule has 0 saturated heterocycles. The van der Waals surface area contributed by atoms with E-state index in [0.29, 0.717) is 0 Å². The molecule has 4 nitrogen and oxygen atoms in total. The van der Waals surface area contributed by atoms with Crippen LogP contribution in [-0.4, -0.2) is 21.8 Å². The second kappa shape index (κ2) is 3.96. The lowest BCUT2D eigenvalue weighted by Gasteiger charge is -2.04. The minimum Gasteiger partial charge on any atom is -0.371 e. The summed E-state index contributed by atoms with van der Waals surface area (Å²) in [6, 6.07) is 4.09. The molecule has 0 aromatic carbocycles. The SMILES string of the molecule is CNc1nn(C)c(C)c1-c1ccnc(C)c1. The Morgan fingerprint density at radius 2 is 2.06 bits per heavy atom. The third kappa shape index (κ3) is 1.66. The molecule has 0 aliphatic rings. The van der Waals surface area contributed by atoms with Crippen molar-refractivity contribution in [3.05, 3.63) is 29.7 Å². The van der Waals surface area contributed by atoms with Crippen LogP contribution in [0.2, 0.25) is 0 Å². The zero-order chi connectivity index (χ0) is 11.7. The second-order valence-corrected chi connectivity index (χ2v) is 3.87. The highest BCUT2D eigenvalue weighted by molar-refractivity contribution is 5.77. The van der Waals surface area contributed by atoms with Gasteiger partial charge in [-0.25, -0.2) is 0 Å². The maximum absolute atomic E-state index is 4.42. The summed E-state index contributed by atoms with van der Waals surface area (Å²) in [6.45, 7) is 4.06. The third-order valence-electron chi connectivity index (χ3n) is 2.76. The number of aryl methyl sites for hydroxylation is 2. The number of aromatic nitrogens is 3. The molecule has 0 amide bonds. The predicted octanol–water partition coefficient (Wildman–Crippen LogP) is 2.14. The van der Waals surface area contributed by atoms with Crippen molar-refractivity contribution in [2.45, 2.75) is 13.8 Å². The number of anilines is 1. The van der Waals surface area contributed by atoms with Crippen LogP contribution in [0, 0.1) is 13.8 Å². The van der Waals surface area contributed by atoms with Gasteiger partial charge in [-0.05, 0) is 31.5 Å². The first-order valence-corrected chi connectivity index (χ1v) is 5.28. The summed E-state index contributed by atoms with van der Waals surface area (Å²) in [5, 5.41) is 7.54. The van der Waals surface area contributed by atoms with Crippen LogP contribution in [0.5, 0.6) is 0 Å². The van der Waals surface area contributed by atoms with Crippen LogP contribution in [0.25, 0.3) is 11.1 Å². The molecule has 84 valence electrons. The van der Waals surface area contributed by atoms with E-state index in [1.807, 2.05) is 38.0 Å². The summed E-state index contributed by atoms with van der Waals surface area (Å²) >= 11 is 0. The van der Waals surface area contributed by atoms with Crippen molar-refractivity contribution in [2.75, 3.05) is 12.4 Å². The van der Waals surface area contributed by atoms with Crippen LogP contribution in [0.15, 0.2) is 18.3 Å². The second-order valence-electron chi connectivity index (χ2n) is 3.87. The van der Waals surface area contributed by atoms with Crippen molar-refractivity contribution >= 4 is 5.82 Å². The molecule has 2 aromatic heterocycles. The van der Waals surface area contributed by atoms with Crippen molar-refractivity contribution in [1.82, 2.24) is 14.8 Å². The van der Waals surface area contributed by atoms with Crippen molar-refractivity contribution in [1.29, 1.82) is 0 Å². The molecule has 0 spiro atoms. The van der Waals surface area contributed by atoms with E-state index in [2.05, 4.69) is 28.4 Å². The molecule has 0 radical (unpaired) electrons. The maximum atomic E-state index is 4.42. The van der Waals surface area contributed by atoms with Gasteiger partial charge in [-0.2, -0.15) is 5.10 Å². The van der Waals surface area contributed by atoms with Gasteiger partial charge < -0.3 is 5.32 Å². The van der Waals surface area contributed by atoms with Crippen molar-refractivity contribution < 1.29 is 0 Å². The molecular formula is C12H16N4. The monoisotopic (exact) mass is 216 g/mol. The molecule has 2 aromatic rings. The van der Waals surface area contributed by atoms with Crippen LogP contribution in [0.3, 0.4) is 0 Å². The third-order valence-corrected chi connectivity index (χ3v) is 2.76. The number of hydrogen-bond acceptors (Lipinski definition) is 3. The lowest BCUT2D eigenvalue weighted by atomic mass is 10.1. The highest BCUT2D eigenvalue weighted by Crippen LogP contribution is 2.30. The van der Waals surface area contributed by atoms with Gasteiger partial charge in [-0.3, -0.25) is 9.67 Å². The van der Waals surface area contributed by atoms with Gasteiger partial charge >= 0.3 is 0 Å². The quantitative estimate of drug-likeness (QED) is 0.836. The summed E-state index contributed by atoms with van der Waals surface area (Å²) < 4.78 is 1.89. The van der Waals surface area contributed by atoms with E-state index in [1.165, 1.54) is 0 Å². The molecule has 0 fully saturated rings. The minimum absolute atomic E-state index is 0.908. The predicted molar refractivity (Wildman–Crippen MR) is 65.5 cm³/mol. The van der Waals surface area contributed by atoms with Gasteiger partial charge in [0.2, 0.25) is 0 Å². The van der Waals surface area contributed by atoms with Crippen LogP contribution in [-0.2, 0) is 7.05 Å². The molecule has 0 atom stereocenters. The molecular weight excluding hydrogens is 200 g/mol. The number of pyridine rings is 1. The Morgan fingerprint density at radius 1 is 1.31 bits per heavy atom. The summed E-state index contributed by atoms with van der Waals surface area (Å²) in [7, 11) is 3.84. The lowest BCUT2D eigenvalue weighted by Crippen LogP contribution is -1.93. The molecule has 2 rings (SSSR count). The Kier molecular flexibility index (Phi) is 2.64. The fourth-order valence-corrected chi connectivity index (χ4v) is 1.83. The van der Waals surface area contributed by atoms with Crippen LogP contribution in [0.4, 0.5) is 5.82 Å². The van der Waals surface area contributed by atoms with E-state index in [0.717, 1.165) is 28.3 Å². The normalized spacial score (nSPS) is 10.5. The first-order chi connectivity index (χ1) is 7.63. The van der Waals surface area contributed by atoms with Gasteiger partial charge in [0.05, 0.1) is 0 Å². The fourth-order valence-electron chi connectivity index (χ4n) is 1.83. The van der Waals surface area contributed by atoms with E-state index in [-0.39, 0.29) is 0 Å². The van der Waals surface area contributed by atoms with Gasteiger partial charge in [-0.1, -0.05) is 0 Å². The number of rotatable bonds is 2. The molecule has 2 heterocycles. The van der Waals surface area contributed by atoms with Gasteiger partial charge in [0.15, 0.2) is 5.82 Å². The summed E-state index contributed by atoms with van der Waals surface area (Å²) in [5.41, 5.74) is 4.47. The molecule has 1 N–H and O–H groups in total. The van der Waals surface area contributed by atoms with Gasteiger partial charge in [0.25, 0.3) is 0 Å². The number of nitrogens with one attached hydrogen (secondary N) is 1. The zero-order valence-electron chi connectivity index (χ0n) is 10.1. The smallest absolute Gasteiger partial charge is 0.155 e. The summed E-state index contributed by atoms with van der Waals surface area (Å²) in [6.07, 6.45) is 1.83. The lowest BCUT2D eigenvalue weighted by molar-refractivity contribution is 0.743. The van der Waals surface area contributed by atoms with Crippen LogP contribution >= 0.6 is 0 Å². The van der Waals surface area contributed by atoms with Crippen LogP contribution < -0.4 is 5.32 Å². The molecule has 0 bridgehead atoms. The Hall–Kier alpha value is -1.84. The Balaban J connectivity index is 2.63. The Labute approximate surface area is 95.3 Å². The van der Waals surface area contributed by atoms with E-state index in [9.17, 15) is 0 Å². The van der Waals surface area contributed by atoms with Crippen molar-refractivity contribution in [3.63, 3.8) is 0 Å². The molecule has 0 saturated carbocycles. The van der Waals surface area contributed by atoms with Gasteiger partial charge in [0, 0.05) is 37.2 Å². The van der Waals surface area contributed by atoms with E-state index in [1.54, 1.807) is 0 Å². The Morgan fingerprint density at radius 3 is 2.69 bits per heavy atom. The standard InChI is InChI=1S/C12H16N4/c1-8-7-10(5-6-14-8)11-9(2)16(4)15-12(11)13-3/h5-7H,1-4H3,(H,13,15). The maximum Gasteiger partial charge on any atom is 0.155 e. The average molecular weight is 216 g/mol. The first-order valence-electron chi connectivity index (χ1n) is 5.28. The number of hydrogen-bond donors (Lipinski definition) is 1. The Bertz CT molecular complexity index is 514. The summed E-state index contributed by atoms with van der Waals surface area (Å²) in [5.74, 6) is 0.908. The minimum atomic E-state index is 0.908. The average Bonchev–Trinajstić information content (AvgIpc) is 2.55. The molecule has 16 heavy (non-hydrogen) atoms.